The number of alkyl halides is 6. The second-order valence-corrected chi connectivity index (χ2v) is 8.52. The Morgan fingerprint density at radius 2 is 1.31 bits per heavy atom. The summed E-state index contributed by atoms with van der Waals surface area (Å²) in [5.74, 6) is 0. The van der Waals surface area contributed by atoms with Gasteiger partial charge in [-0.3, -0.25) is 0 Å². The van der Waals surface area contributed by atoms with Gasteiger partial charge in [-0.2, -0.15) is 26.3 Å². The molecule has 0 amide bonds. The predicted octanol–water partition coefficient (Wildman–Crippen LogP) is 3.31. The van der Waals surface area contributed by atoms with E-state index in [1.807, 2.05) is 0 Å². The molecule has 0 fully saturated rings. The molecule has 0 saturated heterocycles. The lowest BCUT2D eigenvalue weighted by molar-refractivity contribution is -0.331. The topological polar surface area (TPSA) is 18.5 Å². The van der Waals surface area contributed by atoms with Gasteiger partial charge in [0, 0.05) is 0 Å². The molecule has 0 rings (SSSR count). The molecule has 16 heavy (non-hydrogen) atoms. The zero-order valence-electron chi connectivity index (χ0n) is 8.87. The summed E-state index contributed by atoms with van der Waals surface area (Å²) < 4.78 is 80.2. The molecule has 0 bridgehead atoms. The third-order valence-electron chi connectivity index (χ3n) is 1.32. The molecule has 9 heteroatoms. The van der Waals surface area contributed by atoms with Gasteiger partial charge < -0.3 is 9.16 Å². The van der Waals surface area contributed by atoms with E-state index in [-0.39, 0.29) is 0 Å². The molecule has 0 unspecified atom stereocenters. The van der Waals surface area contributed by atoms with Gasteiger partial charge in [0.1, 0.15) is 6.79 Å². The minimum Gasteiger partial charge on any atom is -0.395 e. The number of rotatable bonds is 4. The molecule has 0 saturated carbocycles. The van der Waals surface area contributed by atoms with Crippen LogP contribution in [-0.4, -0.2) is 33.6 Å². The van der Waals surface area contributed by atoms with Crippen molar-refractivity contribution in [2.45, 2.75) is 38.1 Å². The monoisotopic (exact) mass is 270 g/mol. The molecule has 0 spiro atoms. The van der Waals surface area contributed by atoms with Crippen LogP contribution in [0.15, 0.2) is 0 Å². The molecule has 0 aliphatic rings. The fourth-order valence-corrected chi connectivity index (χ4v) is 1.07. The predicted molar refractivity (Wildman–Crippen MR) is 46.3 cm³/mol. The first-order chi connectivity index (χ1) is 6.84. The van der Waals surface area contributed by atoms with Crippen molar-refractivity contribution >= 4 is 8.32 Å². The SMILES string of the molecule is C[Si](C)(C)OCOC(C(F)(F)F)C(F)(F)F. The van der Waals surface area contributed by atoms with Crippen molar-refractivity contribution in [1.29, 1.82) is 0 Å². The number of hydrogen-bond acceptors (Lipinski definition) is 2. The van der Waals surface area contributed by atoms with Crippen LogP contribution in [0.2, 0.25) is 19.6 Å². The van der Waals surface area contributed by atoms with E-state index in [1.165, 1.54) is 0 Å². The van der Waals surface area contributed by atoms with Gasteiger partial charge in [-0.05, 0) is 19.6 Å². The maximum atomic E-state index is 11.9. The third-order valence-corrected chi connectivity index (χ3v) is 2.31. The van der Waals surface area contributed by atoms with Crippen molar-refractivity contribution in [3.8, 4) is 0 Å². The van der Waals surface area contributed by atoms with Gasteiger partial charge in [0.15, 0.2) is 8.32 Å². The van der Waals surface area contributed by atoms with Crippen LogP contribution in [0.5, 0.6) is 0 Å². The molecule has 0 aliphatic heterocycles. The van der Waals surface area contributed by atoms with Crippen molar-refractivity contribution in [3.63, 3.8) is 0 Å². The molecule has 0 aromatic heterocycles. The Bertz CT molecular complexity index is 204. The first kappa shape index (κ1) is 15.7. The summed E-state index contributed by atoms with van der Waals surface area (Å²) in [6, 6.07) is 0. The second kappa shape index (κ2) is 4.92. The van der Waals surface area contributed by atoms with Crippen LogP contribution in [0.3, 0.4) is 0 Å². The lowest BCUT2D eigenvalue weighted by Gasteiger charge is -2.25. The zero-order valence-corrected chi connectivity index (χ0v) is 9.87. The fraction of sp³-hybridized carbons (Fsp3) is 1.00. The van der Waals surface area contributed by atoms with E-state index in [0.29, 0.717) is 0 Å². The number of halogens is 6. The van der Waals surface area contributed by atoms with E-state index in [0.717, 1.165) is 0 Å². The van der Waals surface area contributed by atoms with Gasteiger partial charge in [-0.15, -0.1) is 0 Å². The molecule has 0 aliphatic carbocycles. The Hall–Kier alpha value is -0.283. The van der Waals surface area contributed by atoms with Crippen LogP contribution in [0, 0.1) is 0 Å². The Kier molecular flexibility index (Phi) is 4.84. The van der Waals surface area contributed by atoms with Gasteiger partial charge in [-0.1, -0.05) is 0 Å². The van der Waals surface area contributed by atoms with Crippen molar-refractivity contribution in [2.75, 3.05) is 6.79 Å². The van der Waals surface area contributed by atoms with E-state index in [4.69, 9.17) is 4.43 Å². The quantitative estimate of drug-likeness (QED) is 0.443. The first-order valence-electron chi connectivity index (χ1n) is 4.23. The molecule has 0 radical (unpaired) electrons. The van der Waals surface area contributed by atoms with Crippen LogP contribution >= 0.6 is 0 Å². The van der Waals surface area contributed by atoms with Crippen LogP contribution in [0.4, 0.5) is 26.3 Å². The van der Waals surface area contributed by atoms with Crippen LogP contribution in [-0.2, 0) is 9.16 Å². The van der Waals surface area contributed by atoms with E-state index >= 15 is 0 Å². The Morgan fingerprint density at radius 3 is 1.56 bits per heavy atom. The standard InChI is InChI=1S/C7H12F6O2Si/c1-16(2,3)15-4-14-5(6(8,9)10)7(11,12)13/h5H,4H2,1-3H3. The Morgan fingerprint density at radius 1 is 0.938 bits per heavy atom. The molecule has 0 atom stereocenters. The van der Waals surface area contributed by atoms with E-state index < -0.39 is 33.6 Å². The van der Waals surface area contributed by atoms with E-state index in [1.54, 1.807) is 19.6 Å². The molecule has 0 aromatic rings. The van der Waals surface area contributed by atoms with Gasteiger partial charge >= 0.3 is 12.4 Å². The lowest BCUT2D eigenvalue weighted by atomic mass is 10.3. The minimum absolute atomic E-state index is 1.01. The molecule has 0 heterocycles. The van der Waals surface area contributed by atoms with Crippen LogP contribution < -0.4 is 0 Å². The fourth-order valence-electron chi connectivity index (χ4n) is 0.653. The summed E-state index contributed by atoms with van der Waals surface area (Å²) in [5.41, 5.74) is 0. The third kappa shape index (κ3) is 6.33. The molecule has 0 N–H and O–H groups in total. The zero-order chi connectivity index (χ0) is 13.2. The molecule has 98 valence electrons. The summed E-state index contributed by atoms with van der Waals surface area (Å²) in [6.45, 7) is 3.84. The smallest absolute Gasteiger partial charge is 0.395 e. The van der Waals surface area contributed by atoms with E-state index in [2.05, 4.69) is 4.74 Å². The van der Waals surface area contributed by atoms with Crippen LogP contribution in [0.1, 0.15) is 0 Å². The van der Waals surface area contributed by atoms with Crippen molar-refractivity contribution < 1.29 is 35.5 Å². The average molecular weight is 270 g/mol. The molecular weight excluding hydrogens is 258 g/mol. The summed E-state index contributed by atoms with van der Waals surface area (Å²) in [5, 5.41) is 0. The highest BCUT2D eigenvalue weighted by Crippen LogP contribution is 2.35. The van der Waals surface area contributed by atoms with E-state index in [9.17, 15) is 26.3 Å². The van der Waals surface area contributed by atoms with Crippen molar-refractivity contribution in [1.82, 2.24) is 0 Å². The summed E-state index contributed by atoms with van der Waals surface area (Å²) >= 11 is 0. The number of ether oxygens (including phenoxy) is 1. The molecule has 0 aromatic carbocycles. The second-order valence-electron chi connectivity index (χ2n) is 4.00. The molecule has 2 nitrogen and oxygen atoms in total. The molecular formula is C7H12F6O2Si. The van der Waals surface area contributed by atoms with Gasteiger partial charge in [0.05, 0.1) is 0 Å². The Labute approximate surface area is 89.7 Å². The first-order valence-corrected chi connectivity index (χ1v) is 7.64. The highest BCUT2D eigenvalue weighted by Gasteiger charge is 2.58. The minimum atomic E-state index is -5.49. The van der Waals surface area contributed by atoms with Crippen LogP contribution in [0.25, 0.3) is 0 Å². The van der Waals surface area contributed by atoms with Gasteiger partial charge in [-0.25, -0.2) is 0 Å². The van der Waals surface area contributed by atoms with Gasteiger partial charge in [0.25, 0.3) is 6.10 Å². The number of hydrogen-bond donors (Lipinski definition) is 0. The Balaban J connectivity index is 4.38. The normalized spacial score (nSPS) is 14.6. The summed E-state index contributed by atoms with van der Waals surface area (Å²) in [4.78, 5) is 0. The van der Waals surface area contributed by atoms with Gasteiger partial charge in [0.2, 0.25) is 0 Å². The van der Waals surface area contributed by atoms with Crippen molar-refractivity contribution in [3.05, 3.63) is 0 Å². The maximum Gasteiger partial charge on any atom is 0.423 e. The lowest BCUT2D eigenvalue weighted by Crippen LogP contribution is -2.45. The highest BCUT2D eigenvalue weighted by atomic mass is 28.4. The summed E-state index contributed by atoms with van der Waals surface area (Å²) in [6.07, 6.45) is -14.8. The average Bonchev–Trinajstić information content (AvgIpc) is 1.90. The van der Waals surface area contributed by atoms with Crippen molar-refractivity contribution in [2.24, 2.45) is 0 Å². The largest absolute Gasteiger partial charge is 0.423 e. The highest BCUT2D eigenvalue weighted by molar-refractivity contribution is 6.69. The maximum absolute atomic E-state index is 11.9. The summed E-state index contributed by atoms with van der Waals surface area (Å²) in [7, 11) is -2.20.